The van der Waals surface area contributed by atoms with Gasteiger partial charge in [0.1, 0.15) is 11.6 Å². The molecule has 1 aliphatic heterocycles. The van der Waals surface area contributed by atoms with Crippen molar-refractivity contribution < 1.29 is 4.79 Å². The van der Waals surface area contributed by atoms with E-state index in [1.807, 2.05) is 37.3 Å². The predicted molar refractivity (Wildman–Crippen MR) is 110 cm³/mol. The number of benzene rings is 1. The van der Waals surface area contributed by atoms with Crippen molar-refractivity contribution >= 4 is 34.0 Å². The van der Waals surface area contributed by atoms with Crippen LogP contribution in [0.3, 0.4) is 0 Å². The first kappa shape index (κ1) is 17.9. The summed E-state index contributed by atoms with van der Waals surface area (Å²) in [6.45, 7) is 6.37. The zero-order valence-corrected chi connectivity index (χ0v) is 16.6. The summed E-state index contributed by atoms with van der Waals surface area (Å²) in [7, 11) is 0. The first-order chi connectivity index (χ1) is 13.1. The monoisotopic (exact) mass is 380 g/mol. The lowest BCUT2D eigenvalue weighted by Gasteiger charge is -2.32. The molecule has 27 heavy (non-hydrogen) atoms. The van der Waals surface area contributed by atoms with Crippen LogP contribution in [0.2, 0.25) is 0 Å². The summed E-state index contributed by atoms with van der Waals surface area (Å²) in [4.78, 5) is 25.4. The Labute approximate surface area is 163 Å². The van der Waals surface area contributed by atoms with Crippen molar-refractivity contribution in [3.63, 3.8) is 0 Å². The van der Waals surface area contributed by atoms with Crippen molar-refractivity contribution in [3.8, 4) is 0 Å². The number of carbonyl (C=O) groups is 1. The lowest BCUT2D eigenvalue weighted by atomic mass is 9.95. The standard InChI is InChI=1S/C21H24N4OS/c1-14-19-18(13-27-14)23-15(2)24-20(19)25-10-8-17(9-11-25)21(26)22-12-16-6-4-3-5-7-16/h3-7,13,17H,8-12H2,1-2H3,(H,22,26). The van der Waals surface area contributed by atoms with Gasteiger partial charge in [-0.05, 0) is 32.3 Å². The summed E-state index contributed by atoms with van der Waals surface area (Å²) in [6.07, 6.45) is 1.71. The van der Waals surface area contributed by atoms with Crippen LogP contribution < -0.4 is 10.2 Å². The predicted octanol–water partition coefficient (Wildman–Crippen LogP) is 3.84. The number of nitrogens with zero attached hydrogens (tertiary/aromatic N) is 3. The molecule has 1 aromatic carbocycles. The van der Waals surface area contributed by atoms with Crippen LogP contribution in [0, 0.1) is 19.8 Å². The van der Waals surface area contributed by atoms with Gasteiger partial charge < -0.3 is 10.2 Å². The van der Waals surface area contributed by atoms with Gasteiger partial charge in [-0.1, -0.05) is 30.3 Å². The molecule has 0 unspecified atom stereocenters. The minimum absolute atomic E-state index is 0.0759. The number of aromatic nitrogens is 2. The molecule has 1 amide bonds. The number of fused-ring (bicyclic) bond motifs is 1. The fraction of sp³-hybridized carbons (Fsp3) is 0.381. The number of carbonyl (C=O) groups excluding carboxylic acids is 1. The lowest BCUT2D eigenvalue weighted by molar-refractivity contribution is -0.125. The van der Waals surface area contributed by atoms with E-state index in [0.717, 1.165) is 54.0 Å². The molecule has 0 spiro atoms. The SMILES string of the molecule is Cc1nc(N2CCC(C(=O)NCc3ccccc3)CC2)c2c(C)scc2n1. The summed E-state index contributed by atoms with van der Waals surface area (Å²) in [5.74, 6) is 2.07. The van der Waals surface area contributed by atoms with E-state index in [2.05, 4.69) is 27.5 Å². The number of rotatable bonds is 4. The molecule has 0 bridgehead atoms. The van der Waals surface area contributed by atoms with Crippen LogP contribution in [-0.2, 0) is 11.3 Å². The number of hydrogen-bond donors (Lipinski definition) is 1. The number of piperidine rings is 1. The van der Waals surface area contributed by atoms with Crippen molar-refractivity contribution in [2.45, 2.75) is 33.2 Å². The van der Waals surface area contributed by atoms with E-state index in [1.54, 1.807) is 11.3 Å². The average Bonchev–Trinajstić information content (AvgIpc) is 3.07. The molecule has 4 rings (SSSR count). The number of nitrogens with one attached hydrogen (secondary N) is 1. The van der Waals surface area contributed by atoms with Gasteiger partial charge in [-0.3, -0.25) is 4.79 Å². The number of amides is 1. The summed E-state index contributed by atoms with van der Waals surface area (Å²) in [5, 5.41) is 6.35. The molecule has 1 fully saturated rings. The molecule has 0 saturated carbocycles. The molecular weight excluding hydrogens is 356 g/mol. The third-order valence-electron chi connectivity index (χ3n) is 5.20. The lowest BCUT2D eigenvalue weighted by Crippen LogP contribution is -2.40. The zero-order valence-electron chi connectivity index (χ0n) is 15.7. The fourth-order valence-corrected chi connectivity index (χ4v) is 4.49. The van der Waals surface area contributed by atoms with Gasteiger partial charge >= 0.3 is 0 Å². The average molecular weight is 381 g/mol. The van der Waals surface area contributed by atoms with Gasteiger partial charge in [0, 0.05) is 35.8 Å². The first-order valence-electron chi connectivity index (χ1n) is 9.41. The normalized spacial score (nSPS) is 15.3. The smallest absolute Gasteiger partial charge is 0.223 e. The minimum Gasteiger partial charge on any atom is -0.356 e. The number of anilines is 1. The van der Waals surface area contributed by atoms with Crippen LogP contribution in [0.15, 0.2) is 35.7 Å². The number of hydrogen-bond acceptors (Lipinski definition) is 5. The Bertz CT molecular complexity index is 945. The molecule has 1 saturated heterocycles. The van der Waals surface area contributed by atoms with E-state index < -0.39 is 0 Å². The Morgan fingerprint density at radius 3 is 2.67 bits per heavy atom. The summed E-state index contributed by atoms with van der Waals surface area (Å²) < 4.78 is 0. The van der Waals surface area contributed by atoms with Crippen molar-refractivity contribution in [2.75, 3.05) is 18.0 Å². The van der Waals surface area contributed by atoms with Gasteiger partial charge in [0.15, 0.2) is 0 Å². The largest absolute Gasteiger partial charge is 0.356 e. The third-order valence-corrected chi connectivity index (χ3v) is 6.10. The van der Waals surface area contributed by atoms with Gasteiger partial charge in [0.2, 0.25) is 5.91 Å². The van der Waals surface area contributed by atoms with E-state index in [9.17, 15) is 4.79 Å². The Kier molecular flexibility index (Phi) is 5.07. The van der Waals surface area contributed by atoms with Crippen LogP contribution in [0.4, 0.5) is 5.82 Å². The molecule has 3 aromatic rings. The minimum atomic E-state index is 0.0759. The second-order valence-electron chi connectivity index (χ2n) is 7.11. The molecule has 140 valence electrons. The van der Waals surface area contributed by atoms with Gasteiger partial charge in [-0.25, -0.2) is 9.97 Å². The molecule has 5 nitrogen and oxygen atoms in total. The van der Waals surface area contributed by atoms with Crippen LogP contribution in [-0.4, -0.2) is 29.0 Å². The van der Waals surface area contributed by atoms with Crippen LogP contribution in [0.25, 0.3) is 10.9 Å². The Morgan fingerprint density at radius 2 is 1.93 bits per heavy atom. The summed E-state index contributed by atoms with van der Waals surface area (Å²) in [6, 6.07) is 10.1. The van der Waals surface area contributed by atoms with Crippen LogP contribution in [0.5, 0.6) is 0 Å². The van der Waals surface area contributed by atoms with Crippen molar-refractivity contribution in [2.24, 2.45) is 5.92 Å². The van der Waals surface area contributed by atoms with Gasteiger partial charge in [-0.2, -0.15) is 0 Å². The summed E-state index contributed by atoms with van der Waals surface area (Å²) >= 11 is 1.72. The first-order valence-corrected chi connectivity index (χ1v) is 10.3. The molecule has 0 atom stereocenters. The highest BCUT2D eigenvalue weighted by Gasteiger charge is 2.27. The molecular formula is C21H24N4OS. The second-order valence-corrected chi connectivity index (χ2v) is 8.20. The van der Waals surface area contributed by atoms with Crippen LogP contribution in [0.1, 0.15) is 29.1 Å². The van der Waals surface area contributed by atoms with Gasteiger partial charge in [-0.15, -0.1) is 11.3 Å². The van der Waals surface area contributed by atoms with E-state index in [-0.39, 0.29) is 11.8 Å². The van der Waals surface area contributed by atoms with E-state index >= 15 is 0 Å². The Morgan fingerprint density at radius 1 is 1.19 bits per heavy atom. The highest BCUT2D eigenvalue weighted by molar-refractivity contribution is 7.11. The molecule has 1 aliphatic rings. The fourth-order valence-electron chi connectivity index (χ4n) is 3.72. The highest BCUT2D eigenvalue weighted by Crippen LogP contribution is 2.33. The molecule has 1 N–H and O–H groups in total. The Balaban J connectivity index is 1.40. The molecule has 6 heteroatoms. The third kappa shape index (κ3) is 3.81. The Hall–Kier alpha value is -2.47. The van der Waals surface area contributed by atoms with Crippen molar-refractivity contribution in [1.29, 1.82) is 0 Å². The molecule has 2 aromatic heterocycles. The molecule has 0 aliphatic carbocycles. The summed E-state index contributed by atoms with van der Waals surface area (Å²) in [5.41, 5.74) is 2.16. The number of aryl methyl sites for hydroxylation is 2. The van der Waals surface area contributed by atoms with E-state index in [1.165, 1.54) is 4.88 Å². The zero-order chi connectivity index (χ0) is 18.8. The second kappa shape index (κ2) is 7.64. The van der Waals surface area contributed by atoms with E-state index in [4.69, 9.17) is 4.98 Å². The maximum atomic E-state index is 12.5. The van der Waals surface area contributed by atoms with Crippen molar-refractivity contribution in [3.05, 3.63) is 52.0 Å². The molecule has 3 heterocycles. The maximum Gasteiger partial charge on any atom is 0.223 e. The van der Waals surface area contributed by atoms with Crippen LogP contribution >= 0.6 is 11.3 Å². The van der Waals surface area contributed by atoms with Gasteiger partial charge in [0.25, 0.3) is 0 Å². The van der Waals surface area contributed by atoms with Gasteiger partial charge in [0.05, 0.1) is 10.9 Å². The quantitative estimate of drug-likeness (QED) is 0.747. The molecule has 0 radical (unpaired) electrons. The van der Waals surface area contributed by atoms with E-state index in [0.29, 0.717) is 6.54 Å². The topological polar surface area (TPSA) is 58.1 Å². The maximum absolute atomic E-state index is 12.5. The van der Waals surface area contributed by atoms with Crippen molar-refractivity contribution in [1.82, 2.24) is 15.3 Å². The highest BCUT2D eigenvalue weighted by atomic mass is 32.1. The number of thiophene rings is 1.